The van der Waals surface area contributed by atoms with Crippen LogP contribution in [0.2, 0.25) is 5.02 Å². The summed E-state index contributed by atoms with van der Waals surface area (Å²) in [6, 6.07) is 3.44. The Hall–Kier alpha value is -0.820. The van der Waals surface area contributed by atoms with Gasteiger partial charge in [-0.1, -0.05) is 23.2 Å². The first-order valence-corrected chi connectivity index (χ1v) is 4.98. The number of benzene rings is 1. The molecule has 0 aliphatic carbocycles. The molecule has 0 saturated heterocycles. The number of rotatable bonds is 3. The summed E-state index contributed by atoms with van der Waals surface area (Å²) in [5, 5.41) is 0.509. The number of hydrogen-bond donors (Lipinski definition) is 0. The van der Waals surface area contributed by atoms with Crippen molar-refractivity contribution in [1.29, 1.82) is 0 Å². The van der Waals surface area contributed by atoms with Crippen molar-refractivity contribution in [3.05, 3.63) is 46.3 Å². The molecule has 76 valence electrons. The summed E-state index contributed by atoms with van der Waals surface area (Å²) < 4.78 is 13.6. The van der Waals surface area contributed by atoms with E-state index in [-0.39, 0.29) is 5.82 Å². The molecule has 0 unspecified atom stereocenters. The lowest BCUT2D eigenvalue weighted by atomic mass is 10.0. The molecule has 2 heteroatoms. The Kier molecular flexibility index (Phi) is 3.70. The molecular weight excluding hydrogens is 199 g/mol. The molecule has 0 spiro atoms. The normalized spacial score (nSPS) is 10.3. The topological polar surface area (TPSA) is 0 Å². The van der Waals surface area contributed by atoms with Gasteiger partial charge in [-0.05, 0) is 38.3 Å². The summed E-state index contributed by atoms with van der Waals surface area (Å²) in [7, 11) is 0. The van der Waals surface area contributed by atoms with Crippen molar-refractivity contribution in [2.75, 3.05) is 0 Å². The summed E-state index contributed by atoms with van der Waals surface area (Å²) in [5.74, 6) is -0.182. The van der Waals surface area contributed by atoms with E-state index >= 15 is 0 Å². The second-order valence-electron chi connectivity index (χ2n) is 3.61. The average molecular weight is 213 g/mol. The zero-order chi connectivity index (χ0) is 10.7. The van der Waals surface area contributed by atoms with Gasteiger partial charge in [-0.3, -0.25) is 0 Å². The second kappa shape index (κ2) is 4.61. The Balaban J connectivity index is 2.95. The minimum Gasteiger partial charge on any atom is -0.206 e. The molecule has 0 bridgehead atoms. The molecular formula is C12H14ClF. The van der Waals surface area contributed by atoms with E-state index in [1.807, 2.05) is 6.92 Å². The van der Waals surface area contributed by atoms with Crippen molar-refractivity contribution in [2.45, 2.75) is 26.7 Å². The highest BCUT2D eigenvalue weighted by atomic mass is 35.5. The molecule has 0 fully saturated rings. The predicted octanol–water partition coefficient (Wildman–Crippen LogP) is 4.30. The summed E-state index contributed by atoms with van der Waals surface area (Å²) in [6.07, 6.45) is 1.40. The minimum absolute atomic E-state index is 0.182. The molecule has 1 rings (SSSR count). The van der Waals surface area contributed by atoms with E-state index in [4.69, 9.17) is 11.6 Å². The van der Waals surface area contributed by atoms with E-state index in [9.17, 15) is 4.39 Å². The highest BCUT2D eigenvalue weighted by Gasteiger charge is 2.09. The molecule has 0 N–H and O–H groups in total. The number of allylic oxidation sites excluding steroid dienone is 1. The SMILES string of the molecule is C=C(C)CCc1c(Cl)ccc(C)c1F. The van der Waals surface area contributed by atoms with Gasteiger partial charge in [0.2, 0.25) is 0 Å². The average Bonchev–Trinajstić information content (AvgIpc) is 2.11. The van der Waals surface area contributed by atoms with E-state index < -0.39 is 0 Å². The van der Waals surface area contributed by atoms with Crippen molar-refractivity contribution in [3.8, 4) is 0 Å². The Morgan fingerprint density at radius 2 is 2.14 bits per heavy atom. The lowest BCUT2D eigenvalue weighted by molar-refractivity contribution is 0.599. The molecule has 0 heterocycles. The zero-order valence-electron chi connectivity index (χ0n) is 8.53. The van der Waals surface area contributed by atoms with Crippen LogP contribution < -0.4 is 0 Å². The molecule has 0 aliphatic rings. The van der Waals surface area contributed by atoms with Crippen LogP contribution in [0.1, 0.15) is 24.5 Å². The quantitative estimate of drug-likeness (QED) is 0.656. The van der Waals surface area contributed by atoms with Crippen molar-refractivity contribution in [3.63, 3.8) is 0 Å². The summed E-state index contributed by atoms with van der Waals surface area (Å²) in [5.41, 5.74) is 2.29. The van der Waals surface area contributed by atoms with Gasteiger partial charge < -0.3 is 0 Å². The van der Waals surface area contributed by atoms with Gasteiger partial charge in [-0.15, -0.1) is 6.58 Å². The molecule has 0 aromatic heterocycles. The first-order valence-electron chi connectivity index (χ1n) is 4.60. The van der Waals surface area contributed by atoms with E-state index in [1.54, 1.807) is 19.1 Å². The smallest absolute Gasteiger partial charge is 0.130 e. The van der Waals surface area contributed by atoms with Crippen LogP contribution in [0.25, 0.3) is 0 Å². The van der Waals surface area contributed by atoms with Gasteiger partial charge in [0.05, 0.1) is 0 Å². The van der Waals surface area contributed by atoms with Crippen LogP contribution in [-0.2, 0) is 6.42 Å². The van der Waals surface area contributed by atoms with Crippen LogP contribution in [0.3, 0.4) is 0 Å². The van der Waals surface area contributed by atoms with Crippen LogP contribution in [0, 0.1) is 12.7 Å². The van der Waals surface area contributed by atoms with Gasteiger partial charge in [0, 0.05) is 10.6 Å². The molecule has 0 saturated carbocycles. The van der Waals surface area contributed by atoms with Crippen molar-refractivity contribution in [2.24, 2.45) is 0 Å². The highest BCUT2D eigenvalue weighted by Crippen LogP contribution is 2.24. The number of hydrogen-bond acceptors (Lipinski definition) is 0. The van der Waals surface area contributed by atoms with Crippen molar-refractivity contribution >= 4 is 11.6 Å². The van der Waals surface area contributed by atoms with Crippen LogP contribution >= 0.6 is 11.6 Å². The van der Waals surface area contributed by atoms with Crippen molar-refractivity contribution in [1.82, 2.24) is 0 Å². The fourth-order valence-electron chi connectivity index (χ4n) is 1.28. The zero-order valence-corrected chi connectivity index (χ0v) is 9.29. The molecule has 1 aromatic rings. The van der Waals surface area contributed by atoms with Gasteiger partial charge in [0.15, 0.2) is 0 Å². The summed E-state index contributed by atoms with van der Waals surface area (Å²) in [6.45, 7) is 7.46. The first-order chi connectivity index (χ1) is 6.52. The molecule has 1 aromatic carbocycles. The third-order valence-corrected chi connectivity index (χ3v) is 2.54. The van der Waals surface area contributed by atoms with Crippen LogP contribution in [0.15, 0.2) is 24.3 Å². The van der Waals surface area contributed by atoms with Gasteiger partial charge in [0.25, 0.3) is 0 Å². The lowest BCUT2D eigenvalue weighted by Crippen LogP contribution is -1.95. The van der Waals surface area contributed by atoms with E-state index in [2.05, 4.69) is 6.58 Å². The van der Waals surface area contributed by atoms with E-state index in [1.165, 1.54) is 0 Å². The maximum Gasteiger partial charge on any atom is 0.130 e. The molecule has 0 nitrogen and oxygen atoms in total. The van der Waals surface area contributed by atoms with Crippen LogP contribution in [0.5, 0.6) is 0 Å². The lowest BCUT2D eigenvalue weighted by Gasteiger charge is -2.07. The molecule has 0 radical (unpaired) electrons. The minimum atomic E-state index is -0.182. The molecule has 0 amide bonds. The van der Waals surface area contributed by atoms with Crippen LogP contribution in [-0.4, -0.2) is 0 Å². The Morgan fingerprint density at radius 3 is 2.71 bits per heavy atom. The Labute approximate surface area is 89.4 Å². The third kappa shape index (κ3) is 2.58. The second-order valence-corrected chi connectivity index (χ2v) is 4.02. The van der Waals surface area contributed by atoms with E-state index in [0.29, 0.717) is 22.6 Å². The molecule has 0 atom stereocenters. The monoisotopic (exact) mass is 212 g/mol. The fourth-order valence-corrected chi connectivity index (χ4v) is 1.52. The first kappa shape index (κ1) is 11.3. The number of halogens is 2. The number of aryl methyl sites for hydroxylation is 1. The summed E-state index contributed by atoms with van der Waals surface area (Å²) >= 11 is 5.92. The van der Waals surface area contributed by atoms with E-state index in [0.717, 1.165) is 12.0 Å². The predicted molar refractivity (Wildman–Crippen MR) is 59.3 cm³/mol. The van der Waals surface area contributed by atoms with Crippen LogP contribution in [0.4, 0.5) is 4.39 Å². The summed E-state index contributed by atoms with van der Waals surface area (Å²) in [4.78, 5) is 0. The Bertz CT molecular complexity index is 356. The third-order valence-electron chi connectivity index (χ3n) is 2.18. The van der Waals surface area contributed by atoms with Crippen molar-refractivity contribution < 1.29 is 4.39 Å². The van der Waals surface area contributed by atoms with Gasteiger partial charge in [0.1, 0.15) is 5.82 Å². The largest absolute Gasteiger partial charge is 0.206 e. The maximum absolute atomic E-state index is 13.6. The molecule has 0 aliphatic heterocycles. The molecule has 14 heavy (non-hydrogen) atoms. The van der Waals surface area contributed by atoms with Gasteiger partial charge in [-0.2, -0.15) is 0 Å². The maximum atomic E-state index is 13.6. The standard InChI is InChI=1S/C12H14ClF/c1-8(2)4-6-10-11(13)7-5-9(3)12(10)14/h5,7H,1,4,6H2,2-3H3. The van der Waals surface area contributed by atoms with Gasteiger partial charge >= 0.3 is 0 Å². The fraction of sp³-hybridized carbons (Fsp3) is 0.333. The highest BCUT2D eigenvalue weighted by molar-refractivity contribution is 6.31. The van der Waals surface area contributed by atoms with Gasteiger partial charge in [-0.25, -0.2) is 4.39 Å². The Morgan fingerprint density at radius 1 is 1.50 bits per heavy atom.